The number of carbonyl (C=O) groups is 1. The maximum absolute atomic E-state index is 11.6. The maximum Gasteiger partial charge on any atom is 0.374 e. The number of rotatable bonds is 7. The highest BCUT2D eigenvalue weighted by molar-refractivity contribution is 9.10. The van der Waals surface area contributed by atoms with Gasteiger partial charge in [-0.3, -0.25) is 0 Å². The summed E-state index contributed by atoms with van der Waals surface area (Å²) < 4.78 is 10.9. The highest BCUT2D eigenvalue weighted by atomic mass is 79.9. The zero-order valence-corrected chi connectivity index (χ0v) is 12.0. The van der Waals surface area contributed by atoms with Crippen LogP contribution in [0.4, 0.5) is 0 Å². The second-order valence-electron chi connectivity index (χ2n) is 4.15. The number of furan rings is 1. The second kappa shape index (κ2) is 7.54. The highest BCUT2D eigenvalue weighted by Crippen LogP contribution is 2.17. The summed E-state index contributed by atoms with van der Waals surface area (Å²) in [4.78, 5) is 11.6. The minimum Gasteiger partial charge on any atom is -0.460 e. The van der Waals surface area contributed by atoms with Gasteiger partial charge in [0.2, 0.25) is 5.76 Å². The Hall–Kier alpha value is -0.770. The minimum absolute atomic E-state index is 0.253. The van der Waals surface area contributed by atoms with E-state index in [2.05, 4.69) is 29.8 Å². The molecule has 0 saturated heterocycles. The smallest absolute Gasteiger partial charge is 0.374 e. The zero-order chi connectivity index (χ0) is 12.7. The lowest BCUT2D eigenvalue weighted by Gasteiger charge is -2.14. The summed E-state index contributed by atoms with van der Waals surface area (Å²) in [5.41, 5.74) is 0. The Labute approximate surface area is 111 Å². The normalized spacial score (nSPS) is 10.8. The number of halogens is 1. The first-order valence-electron chi connectivity index (χ1n) is 6.09. The number of hydrogen-bond acceptors (Lipinski definition) is 3. The van der Waals surface area contributed by atoms with Crippen LogP contribution < -0.4 is 0 Å². The van der Waals surface area contributed by atoms with E-state index in [-0.39, 0.29) is 11.7 Å². The minimum atomic E-state index is -0.382. The third kappa shape index (κ3) is 4.94. The fraction of sp³-hybridized carbons (Fsp3) is 0.615. The van der Waals surface area contributed by atoms with Crippen molar-refractivity contribution in [3.05, 3.63) is 22.6 Å². The van der Waals surface area contributed by atoms with E-state index in [9.17, 15) is 4.79 Å². The Bertz CT molecular complexity index is 340. The van der Waals surface area contributed by atoms with Gasteiger partial charge in [0.05, 0.1) is 6.61 Å². The fourth-order valence-corrected chi connectivity index (χ4v) is 2.12. The van der Waals surface area contributed by atoms with Gasteiger partial charge in [-0.15, -0.1) is 0 Å². The molecule has 96 valence electrons. The van der Waals surface area contributed by atoms with Crippen LogP contribution in [-0.2, 0) is 4.74 Å². The molecule has 3 nitrogen and oxygen atoms in total. The lowest BCUT2D eigenvalue weighted by atomic mass is 9.99. The summed E-state index contributed by atoms with van der Waals surface area (Å²) in [6.45, 7) is 4.78. The largest absolute Gasteiger partial charge is 0.460 e. The van der Waals surface area contributed by atoms with Crippen molar-refractivity contribution in [1.82, 2.24) is 0 Å². The van der Waals surface area contributed by atoms with Crippen molar-refractivity contribution < 1.29 is 13.9 Å². The molecule has 0 saturated carbocycles. The first-order valence-corrected chi connectivity index (χ1v) is 6.89. The van der Waals surface area contributed by atoms with E-state index >= 15 is 0 Å². The van der Waals surface area contributed by atoms with Crippen molar-refractivity contribution in [2.24, 2.45) is 5.92 Å². The van der Waals surface area contributed by atoms with Crippen molar-refractivity contribution in [2.45, 2.75) is 39.5 Å². The Balaban J connectivity index is 2.40. The van der Waals surface area contributed by atoms with E-state index in [4.69, 9.17) is 9.15 Å². The lowest BCUT2D eigenvalue weighted by Crippen LogP contribution is -2.14. The molecule has 0 amide bonds. The molecule has 0 aliphatic heterocycles. The van der Waals surface area contributed by atoms with Crippen LogP contribution in [-0.4, -0.2) is 12.6 Å². The molecule has 0 aromatic carbocycles. The topological polar surface area (TPSA) is 39.4 Å². The van der Waals surface area contributed by atoms with Crippen LogP contribution in [0.2, 0.25) is 0 Å². The molecule has 0 aliphatic carbocycles. The van der Waals surface area contributed by atoms with E-state index in [0.717, 1.165) is 25.7 Å². The van der Waals surface area contributed by atoms with Gasteiger partial charge in [-0.1, -0.05) is 26.7 Å². The zero-order valence-electron chi connectivity index (χ0n) is 10.4. The predicted molar refractivity (Wildman–Crippen MR) is 70.0 cm³/mol. The molecule has 1 aromatic rings. The van der Waals surface area contributed by atoms with Crippen LogP contribution in [0.25, 0.3) is 0 Å². The first kappa shape index (κ1) is 14.3. The summed E-state index contributed by atoms with van der Waals surface area (Å²) in [5.74, 6) is 0.337. The van der Waals surface area contributed by atoms with Gasteiger partial charge in [0.1, 0.15) is 0 Å². The summed E-state index contributed by atoms with van der Waals surface area (Å²) in [6, 6.07) is 3.30. The van der Waals surface area contributed by atoms with Gasteiger partial charge in [0.25, 0.3) is 0 Å². The van der Waals surface area contributed by atoms with E-state index in [1.807, 2.05) is 0 Å². The quantitative estimate of drug-likeness (QED) is 0.700. The van der Waals surface area contributed by atoms with E-state index in [0.29, 0.717) is 17.2 Å². The van der Waals surface area contributed by atoms with Crippen LogP contribution >= 0.6 is 15.9 Å². The highest BCUT2D eigenvalue weighted by Gasteiger charge is 2.15. The summed E-state index contributed by atoms with van der Waals surface area (Å²) >= 11 is 3.16. The van der Waals surface area contributed by atoms with Crippen LogP contribution in [0.3, 0.4) is 0 Å². The van der Waals surface area contributed by atoms with E-state index < -0.39 is 0 Å². The Morgan fingerprint density at radius 2 is 2.00 bits per heavy atom. The Morgan fingerprint density at radius 1 is 1.35 bits per heavy atom. The van der Waals surface area contributed by atoms with Gasteiger partial charge in [-0.2, -0.15) is 0 Å². The molecule has 0 fully saturated rings. The molecular weight excluding hydrogens is 284 g/mol. The molecule has 0 spiro atoms. The SMILES string of the molecule is CCCC(CCC)COC(=O)c1ccc(Br)o1. The molecule has 0 bridgehead atoms. The Kier molecular flexibility index (Phi) is 6.34. The maximum atomic E-state index is 11.6. The van der Waals surface area contributed by atoms with Gasteiger partial charge in [-0.25, -0.2) is 4.79 Å². The fourth-order valence-electron chi connectivity index (χ4n) is 1.82. The summed E-state index contributed by atoms with van der Waals surface area (Å²) in [6.07, 6.45) is 4.44. The van der Waals surface area contributed by atoms with Gasteiger partial charge < -0.3 is 9.15 Å². The monoisotopic (exact) mass is 302 g/mol. The molecule has 4 heteroatoms. The van der Waals surface area contributed by atoms with Gasteiger partial charge in [0, 0.05) is 0 Å². The van der Waals surface area contributed by atoms with Crippen LogP contribution in [0.1, 0.15) is 50.1 Å². The average Bonchev–Trinajstić information content (AvgIpc) is 2.73. The van der Waals surface area contributed by atoms with Crippen molar-refractivity contribution in [2.75, 3.05) is 6.61 Å². The molecule has 0 aliphatic rings. The van der Waals surface area contributed by atoms with Crippen LogP contribution in [0, 0.1) is 5.92 Å². The molecule has 0 N–H and O–H groups in total. The molecule has 17 heavy (non-hydrogen) atoms. The van der Waals surface area contributed by atoms with E-state index in [1.54, 1.807) is 12.1 Å². The van der Waals surface area contributed by atoms with Crippen LogP contribution in [0.15, 0.2) is 21.2 Å². The number of hydrogen-bond donors (Lipinski definition) is 0. The van der Waals surface area contributed by atoms with Gasteiger partial charge >= 0.3 is 5.97 Å². The molecule has 1 heterocycles. The standard InChI is InChI=1S/C13H19BrO3/c1-3-5-10(6-4-2)9-16-13(15)11-7-8-12(14)17-11/h7-8,10H,3-6,9H2,1-2H3. The van der Waals surface area contributed by atoms with Crippen molar-refractivity contribution >= 4 is 21.9 Å². The van der Waals surface area contributed by atoms with Crippen LogP contribution in [0.5, 0.6) is 0 Å². The second-order valence-corrected chi connectivity index (χ2v) is 4.93. The molecule has 0 unspecified atom stereocenters. The first-order chi connectivity index (χ1) is 8.17. The molecule has 1 aromatic heterocycles. The predicted octanol–water partition coefficient (Wildman–Crippen LogP) is 4.42. The van der Waals surface area contributed by atoms with E-state index in [1.165, 1.54) is 0 Å². The number of carbonyl (C=O) groups excluding carboxylic acids is 1. The molecular formula is C13H19BrO3. The number of esters is 1. The third-order valence-electron chi connectivity index (χ3n) is 2.62. The lowest BCUT2D eigenvalue weighted by molar-refractivity contribution is 0.0388. The van der Waals surface area contributed by atoms with Gasteiger partial charge in [-0.05, 0) is 46.8 Å². The van der Waals surface area contributed by atoms with Crippen molar-refractivity contribution in [3.8, 4) is 0 Å². The molecule has 1 rings (SSSR count). The van der Waals surface area contributed by atoms with Crippen molar-refractivity contribution in [3.63, 3.8) is 0 Å². The summed E-state index contributed by atoms with van der Waals surface area (Å²) in [7, 11) is 0. The Morgan fingerprint density at radius 3 is 2.47 bits per heavy atom. The summed E-state index contributed by atoms with van der Waals surface area (Å²) in [5, 5.41) is 0. The molecule has 0 atom stereocenters. The average molecular weight is 303 g/mol. The number of ether oxygens (including phenoxy) is 1. The van der Waals surface area contributed by atoms with Gasteiger partial charge in [0.15, 0.2) is 4.67 Å². The molecule has 0 radical (unpaired) electrons. The van der Waals surface area contributed by atoms with Crippen molar-refractivity contribution in [1.29, 1.82) is 0 Å². The third-order valence-corrected chi connectivity index (χ3v) is 3.04.